The molecular formula is C60H38N2O. The van der Waals surface area contributed by atoms with E-state index in [1.807, 2.05) is 0 Å². The Morgan fingerprint density at radius 3 is 1.62 bits per heavy atom. The van der Waals surface area contributed by atoms with Gasteiger partial charge in [-0.15, -0.1) is 0 Å². The van der Waals surface area contributed by atoms with Crippen LogP contribution >= 0.6 is 0 Å². The van der Waals surface area contributed by atoms with Gasteiger partial charge in [0.05, 0.1) is 22.4 Å². The van der Waals surface area contributed by atoms with Crippen molar-refractivity contribution in [2.24, 2.45) is 0 Å². The molecule has 1 aliphatic rings. The van der Waals surface area contributed by atoms with Gasteiger partial charge in [-0.05, 0) is 93.5 Å². The molecule has 3 heteroatoms. The van der Waals surface area contributed by atoms with Gasteiger partial charge in [0.2, 0.25) is 0 Å². The molecule has 3 nitrogen and oxygen atoms in total. The molecular weight excluding hydrogens is 765 g/mol. The van der Waals surface area contributed by atoms with Gasteiger partial charge in [0.25, 0.3) is 0 Å². The molecule has 0 amide bonds. The lowest BCUT2D eigenvalue weighted by molar-refractivity contribution is 0.670. The minimum absolute atomic E-state index is 0.838. The number of nitrogens with zero attached hydrogens (tertiary/aromatic N) is 2. The third kappa shape index (κ3) is 5.53. The lowest BCUT2D eigenvalue weighted by Crippen LogP contribution is -2.10. The molecule has 0 bridgehead atoms. The van der Waals surface area contributed by atoms with E-state index in [9.17, 15) is 0 Å². The maximum atomic E-state index is 7.47. The second-order valence-corrected chi connectivity index (χ2v) is 16.4. The summed E-state index contributed by atoms with van der Waals surface area (Å²) in [7, 11) is 0. The summed E-state index contributed by atoms with van der Waals surface area (Å²) in [6.45, 7) is 0. The molecule has 13 rings (SSSR count). The van der Waals surface area contributed by atoms with Crippen LogP contribution in [0.15, 0.2) is 235 Å². The first kappa shape index (κ1) is 35.4. The number of anilines is 3. The predicted octanol–water partition coefficient (Wildman–Crippen LogP) is 16.8. The zero-order valence-corrected chi connectivity index (χ0v) is 34.2. The first-order valence-electron chi connectivity index (χ1n) is 21.6. The Hall–Kier alpha value is -8.40. The van der Waals surface area contributed by atoms with Gasteiger partial charge in [0.15, 0.2) is 5.58 Å². The van der Waals surface area contributed by atoms with E-state index in [0.717, 1.165) is 77.9 Å². The Bertz CT molecular complexity index is 3660. The molecule has 0 saturated carbocycles. The van der Waals surface area contributed by atoms with Gasteiger partial charge < -0.3 is 13.9 Å². The third-order valence-electron chi connectivity index (χ3n) is 12.9. The molecule has 2 aromatic heterocycles. The number of hydrogen-bond acceptors (Lipinski definition) is 2. The highest BCUT2D eigenvalue weighted by atomic mass is 16.3. The summed E-state index contributed by atoms with van der Waals surface area (Å²) in [4.78, 5) is 2.38. The Labute approximate surface area is 365 Å². The van der Waals surface area contributed by atoms with Crippen LogP contribution in [0.25, 0.3) is 105 Å². The number of rotatable bonds is 6. The van der Waals surface area contributed by atoms with Gasteiger partial charge >= 0.3 is 0 Å². The van der Waals surface area contributed by atoms with Gasteiger partial charge in [0, 0.05) is 49.6 Å². The molecule has 10 aromatic carbocycles. The zero-order chi connectivity index (χ0) is 41.4. The number of furan rings is 1. The lowest BCUT2D eigenvalue weighted by atomic mass is 9.91. The SMILES string of the molecule is c1ccc(-c2ccc(N(c3cc(-c4ccccc4)cc(-c4ccccc4)c3)c3cccc4c3oc3c5c(ccc34)-c3ccccc3-n3c4ccccc4c4cccc-5c43)cc2)cc1. The maximum absolute atomic E-state index is 7.47. The van der Waals surface area contributed by atoms with Crippen molar-refractivity contribution in [3.05, 3.63) is 231 Å². The van der Waals surface area contributed by atoms with Crippen LogP contribution in [0.3, 0.4) is 0 Å². The molecule has 0 fully saturated rings. The summed E-state index contributed by atoms with van der Waals surface area (Å²) < 4.78 is 9.93. The van der Waals surface area contributed by atoms with Crippen molar-refractivity contribution in [2.45, 2.75) is 0 Å². The van der Waals surface area contributed by atoms with Crippen LogP contribution in [-0.2, 0) is 0 Å². The van der Waals surface area contributed by atoms with Crippen LogP contribution in [0.4, 0.5) is 17.1 Å². The highest BCUT2D eigenvalue weighted by Gasteiger charge is 2.29. The van der Waals surface area contributed by atoms with Crippen LogP contribution in [-0.4, -0.2) is 4.57 Å². The smallest absolute Gasteiger partial charge is 0.159 e. The third-order valence-corrected chi connectivity index (χ3v) is 12.9. The number of fused-ring (bicyclic) bond motifs is 12. The lowest BCUT2D eigenvalue weighted by Gasteiger charge is -2.27. The molecule has 0 radical (unpaired) electrons. The van der Waals surface area contributed by atoms with E-state index < -0.39 is 0 Å². The maximum Gasteiger partial charge on any atom is 0.159 e. The molecule has 0 aliphatic carbocycles. The van der Waals surface area contributed by atoms with Crippen molar-refractivity contribution in [1.82, 2.24) is 4.57 Å². The van der Waals surface area contributed by atoms with E-state index in [4.69, 9.17) is 4.42 Å². The Morgan fingerprint density at radius 2 is 0.889 bits per heavy atom. The number of para-hydroxylation sites is 4. The summed E-state index contributed by atoms with van der Waals surface area (Å²) in [5.74, 6) is 0. The standard InChI is InChI=1S/C60H38N2O/c1-4-16-39(17-5-1)42-30-32-45(33-31-42)61(46-37-43(40-18-6-2-7-19-40)36-44(38-46)41-20-8-3-9-21-41)56-29-15-25-51-52-35-34-49-47-22-10-12-27-54(47)62-55-28-13-11-23-48(55)50-24-14-26-53(58(50)62)57(49)60(52)63-59(51)56/h1-38H. The van der Waals surface area contributed by atoms with E-state index in [-0.39, 0.29) is 0 Å². The number of aromatic nitrogens is 1. The molecule has 0 unspecified atom stereocenters. The largest absolute Gasteiger partial charge is 0.453 e. The van der Waals surface area contributed by atoms with Crippen molar-refractivity contribution in [3.63, 3.8) is 0 Å². The monoisotopic (exact) mass is 802 g/mol. The van der Waals surface area contributed by atoms with Crippen molar-refractivity contribution in [3.8, 4) is 61.3 Å². The van der Waals surface area contributed by atoms with Gasteiger partial charge in [-0.1, -0.05) is 176 Å². The summed E-state index contributed by atoms with van der Waals surface area (Å²) >= 11 is 0. The average Bonchev–Trinajstić information content (AvgIpc) is 3.87. The van der Waals surface area contributed by atoms with Crippen LogP contribution in [0.2, 0.25) is 0 Å². The minimum atomic E-state index is 0.838. The molecule has 0 spiro atoms. The fraction of sp³-hybridized carbons (Fsp3) is 0. The Balaban J connectivity index is 1.10. The summed E-state index contributed by atoms with van der Waals surface area (Å²) in [6, 6.07) is 83.3. The first-order valence-corrected chi connectivity index (χ1v) is 21.6. The van der Waals surface area contributed by atoms with E-state index in [2.05, 4.69) is 240 Å². The minimum Gasteiger partial charge on any atom is -0.453 e. The first-order chi connectivity index (χ1) is 31.3. The van der Waals surface area contributed by atoms with Crippen molar-refractivity contribution in [2.75, 3.05) is 4.90 Å². The molecule has 1 aliphatic heterocycles. The average molecular weight is 803 g/mol. The Morgan fingerprint density at radius 1 is 0.333 bits per heavy atom. The quantitative estimate of drug-likeness (QED) is 0.167. The van der Waals surface area contributed by atoms with Gasteiger partial charge in [0.1, 0.15) is 5.58 Å². The van der Waals surface area contributed by atoms with E-state index in [0.29, 0.717) is 0 Å². The highest BCUT2D eigenvalue weighted by molar-refractivity contribution is 6.22. The van der Waals surface area contributed by atoms with Crippen molar-refractivity contribution >= 4 is 60.8 Å². The number of hydrogen-bond donors (Lipinski definition) is 0. The summed E-state index contributed by atoms with van der Waals surface area (Å²) in [6.07, 6.45) is 0. The summed E-state index contributed by atoms with van der Waals surface area (Å²) in [5, 5.41) is 4.64. The van der Waals surface area contributed by atoms with Crippen LogP contribution in [0.1, 0.15) is 0 Å². The topological polar surface area (TPSA) is 21.3 Å². The fourth-order valence-electron chi connectivity index (χ4n) is 10.1. The normalized spacial score (nSPS) is 11.8. The second kappa shape index (κ2) is 14.1. The van der Waals surface area contributed by atoms with Crippen LogP contribution in [0.5, 0.6) is 0 Å². The molecule has 0 atom stereocenters. The highest BCUT2D eigenvalue weighted by Crippen LogP contribution is 2.52. The van der Waals surface area contributed by atoms with Crippen LogP contribution in [0, 0.1) is 0 Å². The molecule has 0 N–H and O–H groups in total. The zero-order valence-electron chi connectivity index (χ0n) is 34.2. The second-order valence-electron chi connectivity index (χ2n) is 16.4. The molecule has 3 heterocycles. The summed E-state index contributed by atoms with van der Waals surface area (Å²) in [5.41, 5.74) is 19.9. The van der Waals surface area contributed by atoms with Gasteiger partial charge in [-0.3, -0.25) is 0 Å². The van der Waals surface area contributed by atoms with Crippen molar-refractivity contribution < 1.29 is 4.42 Å². The predicted molar refractivity (Wildman–Crippen MR) is 263 cm³/mol. The van der Waals surface area contributed by atoms with Crippen molar-refractivity contribution in [1.29, 1.82) is 0 Å². The number of benzene rings is 10. The molecule has 0 saturated heterocycles. The molecule has 294 valence electrons. The van der Waals surface area contributed by atoms with E-state index in [1.165, 1.54) is 44.2 Å². The van der Waals surface area contributed by atoms with E-state index >= 15 is 0 Å². The van der Waals surface area contributed by atoms with E-state index in [1.54, 1.807) is 0 Å². The molecule has 63 heavy (non-hydrogen) atoms. The Kier molecular flexibility index (Phi) is 7.91. The van der Waals surface area contributed by atoms with Crippen LogP contribution < -0.4 is 4.90 Å². The fourth-order valence-corrected chi connectivity index (χ4v) is 10.1. The van der Waals surface area contributed by atoms with Gasteiger partial charge in [-0.2, -0.15) is 0 Å². The molecule has 12 aromatic rings. The van der Waals surface area contributed by atoms with Gasteiger partial charge in [-0.25, -0.2) is 0 Å².